The highest BCUT2D eigenvalue weighted by atomic mass is 35.5. The molecule has 0 amide bonds. The van der Waals surface area contributed by atoms with Crippen LogP contribution < -0.4 is 0 Å². The van der Waals surface area contributed by atoms with Crippen molar-refractivity contribution in [3.63, 3.8) is 0 Å². The fourth-order valence-electron chi connectivity index (χ4n) is 0.887. The van der Waals surface area contributed by atoms with Gasteiger partial charge in [0, 0.05) is 0 Å². The smallest absolute Gasteiger partial charge is 0.345 e. The normalized spacial score (nSPS) is 10.8. The number of halogens is 1. The standard InChI is InChI=1S/C6H3ClN2O2S/c7-4-2-1-3(6(10)11)12-5(2)9-8-4/h1H,(H,8,9)(H,10,11). The second-order valence-electron chi connectivity index (χ2n) is 2.17. The predicted molar refractivity (Wildman–Crippen MR) is 45.9 cm³/mol. The summed E-state index contributed by atoms with van der Waals surface area (Å²) < 4.78 is 0. The lowest BCUT2D eigenvalue weighted by Crippen LogP contribution is -1.89. The van der Waals surface area contributed by atoms with Gasteiger partial charge in [-0.3, -0.25) is 5.10 Å². The third-order valence-electron chi connectivity index (χ3n) is 1.42. The molecule has 4 nitrogen and oxygen atoms in total. The largest absolute Gasteiger partial charge is 0.477 e. The Kier molecular flexibility index (Phi) is 1.55. The van der Waals surface area contributed by atoms with Gasteiger partial charge in [0.1, 0.15) is 14.9 Å². The number of H-pyrrole nitrogens is 1. The van der Waals surface area contributed by atoms with Gasteiger partial charge in [-0.2, -0.15) is 5.10 Å². The number of carboxylic acids is 1. The number of fused-ring (bicyclic) bond motifs is 1. The highest BCUT2D eigenvalue weighted by molar-refractivity contribution is 7.20. The number of thiophene rings is 1. The van der Waals surface area contributed by atoms with Crippen LogP contribution in [0.4, 0.5) is 0 Å². The first-order chi connectivity index (χ1) is 5.68. The van der Waals surface area contributed by atoms with Crippen LogP contribution in [0.5, 0.6) is 0 Å². The Morgan fingerprint density at radius 1 is 1.75 bits per heavy atom. The third kappa shape index (κ3) is 0.981. The Hall–Kier alpha value is -1.07. The van der Waals surface area contributed by atoms with Gasteiger partial charge in [0.2, 0.25) is 0 Å². The minimum Gasteiger partial charge on any atom is -0.477 e. The summed E-state index contributed by atoms with van der Waals surface area (Å²) in [6.07, 6.45) is 0. The average Bonchev–Trinajstić information content (AvgIpc) is 2.53. The lowest BCUT2D eigenvalue weighted by molar-refractivity contribution is 0.0702. The van der Waals surface area contributed by atoms with Gasteiger partial charge < -0.3 is 5.11 Å². The van der Waals surface area contributed by atoms with Gasteiger partial charge in [-0.15, -0.1) is 11.3 Å². The number of carbonyl (C=O) groups is 1. The van der Waals surface area contributed by atoms with Crippen molar-refractivity contribution in [2.45, 2.75) is 0 Å². The second-order valence-corrected chi connectivity index (χ2v) is 3.58. The number of nitrogens with one attached hydrogen (secondary N) is 1. The first-order valence-corrected chi connectivity index (χ1v) is 4.24. The summed E-state index contributed by atoms with van der Waals surface area (Å²) in [5.74, 6) is -0.950. The molecule has 2 aromatic rings. The van der Waals surface area contributed by atoms with Gasteiger partial charge in [-0.1, -0.05) is 11.6 Å². The molecule has 0 radical (unpaired) electrons. The minimum atomic E-state index is -0.950. The van der Waals surface area contributed by atoms with E-state index in [2.05, 4.69) is 10.2 Å². The van der Waals surface area contributed by atoms with Crippen molar-refractivity contribution in [3.05, 3.63) is 16.1 Å². The van der Waals surface area contributed by atoms with Crippen molar-refractivity contribution < 1.29 is 9.90 Å². The zero-order valence-corrected chi connectivity index (χ0v) is 7.24. The van der Waals surface area contributed by atoms with E-state index in [0.29, 0.717) is 15.4 Å². The van der Waals surface area contributed by atoms with Crippen molar-refractivity contribution in [1.82, 2.24) is 10.2 Å². The molecule has 0 unspecified atom stereocenters. The molecule has 2 rings (SSSR count). The molecular weight excluding hydrogens is 200 g/mol. The lowest BCUT2D eigenvalue weighted by atomic mass is 10.4. The lowest BCUT2D eigenvalue weighted by Gasteiger charge is -1.81. The first-order valence-electron chi connectivity index (χ1n) is 3.05. The molecule has 0 aliphatic rings. The fraction of sp³-hybridized carbons (Fsp3) is 0. The van der Waals surface area contributed by atoms with Crippen molar-refractivity contribution in [2.24, 2.45) is 0 Å². The van der Waals surface area contributed by atoms with Crippen LogP contribution in [0.15, 0.2) is 6.07 Å². The van der Waals surface area contributed by atoms with Crippen LogP contribution in [-0.2, 0) is 0 Å². The maximum atomic E-state index is 10.5. The summed E-state index contributed by atoms with van der Waals surface area (Å²) in [4.78, 5) is 11.4. The summed E-state index contributed by atoms with van der Waals surface area (Å²) >= 11 is 6.79. The summed E-state index contributed by atoms with van der Waals surface area (Å²) in [5.41, 5.74) is 0. The highest BCUT2D eigenvalue weighted by Crippen LogP contribution is 2.28. The molecule has 2 N–H and O–H groups in total. The topological polar surface area (TPSA) is 66.0 Å². The van der Waals surface area contributed by atoms with E-state index < -0.39 is 5.97 Å². The maximum Gasteiger partial charge on any atom is 0.345 e. The summed E-state index contributed by atoms with van der Waals surface area (Å²) in [6.45, 7) is 0. The van der Waals surface area contributed by atoms with E-state index in [-0.39, 0.29) is 4.88 Å². The van der Waals surface area contributed by atoms with Crippen LogP contribution in [0.2, 0.25) is 5.15 Å². The molecule has 0 bridgehead atoms. The van der Waals surface area contributed by atoms with Gasteiger partial charge >= 0.3 is 5.97 Å². The number of aromatic carboxylic acids is 1. The number of aromatic amines is 1. The van der Waals surface area contributed by atoms with Crippen molar-refractivity contribution in [3.8, 4) is 0 Å². The molecule has 6 heteroatoms. The predicted octanol–water partition coefficient (Wildman–Crippen LogP) is 1.98. The summed E-state index contributed by atoms with van der Waals surface area (Å²) in [7, 11) is 0. The van der Waals surface area contributed by atoms with Gasteiger partial charge in [0.25, 0.3) is 0 Å². The number of hydrogen-bond acceptors (Lipinski definition) is 3. The van der Waals surface area contributed by atoms with Gasteiger partial charge in [0.15, 0.2) is 0 Å². The second kappa shape index (κ2) is 2.46. The maximum absolute atomic E-state index is 10.5. The van der Waals surface area contributed by atoms with Gasteiger partial charge in [-0.25, -0.2) is 4.79 Å². The molecule has 62 valence electrons. The van der Waals surface area contributed by atoms with E-state index in [1.165, 1.54) is 6.07 Å². The van der Waals surface area contributed by atoms with Crippen LogP contribution >= 0.6 is 22.9 Å². The van der Waals surface area contributed by atoms with E-state index in [0.717, 1.165) is 11.3 Å². The number of nitrogens with zero attached hydrogens (tertiary/aromatic N) is 1. The van der Waals surface area contributed by atoms with E-state index in [9.17, 15) is 4.79 Å². The Bertz CT molecular complexity index is 447. The third-order valence-corrected chi connectivity index (χ3v) is 2.72. The van der Waals surface area contributed by atoms with Crippen molar-refractivity contribution in [1.29, 1.82) is 0 Å². The van der Waals surface area contributed by atoms with Crippen molar-refractivity contribution >= 4 is 39.1 Å². The molecular formula is C6H3ClN2O2S. The molecule has 0 fully saturated rings. The Morgan fingerprint density at radius 3 is 3.08 bits per heavy atom. The number of carboxylic acid groups (broad SMARTS) is 1. The number of rotatable bonds is 1. The Morgan fingerprint density at radius 2 is 2.50 bits per heavy atom. The number of hydrogen-bond donors (Lipinski definition) is 2. The van der Waals surface area contributed by atoms with Crippen LogP contribution in [0.25, 0.3) is 10.2 Å². The fourth-order valence-corrected chi connectivity index (χ4v) is 1.96. The zero-order valence-electron chi connectivity index (χ0n) is 5.67. The molecule has 2 heterocycles. The first kappa shape index (κ1) is 7.57. The highest BCUT2D eigenvalue weighted by Gasteiger charge is 2.12. The van der Waals surface area contributed by atoms with Gasteiger partial charge in [0.05, 0.1) is 5.39 Å². The molecule has 0 aliphatic carbocycles. The molecule has 0 atom stereocenters. The van der Waals surface area contributed by atoms with Crippen LogP contribution in [0.3, 0.4) is 0 Å². The molecule has 0 spiro atoms. The quantitative estimate of drug-likeness (QED) is 0.743. The van der Waals surface area contributed by atoms with E-state index in [1.807, 2.05) is 0 Å². The molecule has 12 heavy (non-hydrogen) atoms. The number of aromatic nitrogens is 2. The molecule has 0 aliphatic heterocycles. The van der Waals surface area contributed by atoms with Crippen LogP contribution in [-0.4, -0.2) is 21.3 Å². The van der Waals surface area contributed by atoms with Gasteiger partial charge in [-0.05, 0) is 6.07 Å². The SMILES string of the molecule is O=C(O)c1cc2c(Cl)[nH]nc2s1. The Labute approximate surface area is 75.8 Å². The average molecular weight is 203 g/mol. The van der Waals surface area contributed by atoms with Crippen LogP contribution in [0.1, 0.15) is 9.67 Å². The molecule has 0 aromatic carbocycles. The molecule has 0 saturated carbocycles. The van der Waals surface area contributed by atoms with E-state index in [1.54, 1.807) is 0 Å². The Balaban J connectivity index is 2.70. The summed E-state index contributed by atoms with van der Waals surface area (Å²) in [6, 6.07) is 1.51. The van der Waals surface area contributed by atoms with E-state index in [4.69, 9.17) is 16.7 Å². The monoisotopic (exact) mass is 202 g/mol. The molecule has 0 saturated heterocycles. The minimum absolute atomic E-state index is 0.253. The summed E-state index contributed by atoms with van der Waals surface area (Å²) in [5, 5.41) is 16.0. The molecule has 2 aromatic heterocycles. The van der Waals surface area contributed by atoms with Crippen molar-refractivity contribution in [2.75, 3.05) is 0 Å². The van der Waals surface area contributed by atoms with Crippen LogP contribution in [0, 0.1) is 0 Å². The van der Waals surface area contributed by atoms with E-state index >= 15 is 0 Å². The zero-order chi connectivity index (χ0) is 8.72.